The summed E-state index contributed by atoms with van der Waals surface area (Å²) in [6, 6.07) is 58.4. The van der Waals surface area contributed by atoms with E-state index in [4.69, 9.17) is 18.9 Å². The maximum absolute atomic E-state index is 5.82. The van der Waals surface area contributed by atoms with Crippen molar-refractivity contribution in [1.29, 1.82) is 0 Å². The predicted octanol–water partition coefficient (Wildman–Crippen LogP) is 14.9. The molecule has 0 heterocycles. The number of hydrogen-bond acceptors (Lipinski definition) is 6. The molecule has 0 radical (unpaired) electrons. The first-order chi connectivity index (χ1) is 37.7. The first-order valence-corrected chi connectivity index (χ1v) is 30.7. The van der Waals surface area contributed by atoms with Crippen LogP contribution >= 0.6 is 15.8 Å². The van der Waals surface area contributed by atoms with E-state index in [-0.39, 0.29) is 38.7 Å². The fraction of sp³-hybridized carbons (Fsp3) is 0.361. The third-order valence-electron chi connectivity index (χ3n) is 14.9. The maximum atomic E-state index is 5.82. The van der Waals surface area contributed by atoms with Gasteiger partial charge in [0.1, 0.15) is 23.0 Å². The van der Waals surface area contributed by atoms with Crippen LogP contribution in [0.4, 0.5) is 11.4 Å². The van der Waals surface area contributed by atoms with E-state index in [1.54, 1.807) is 28.4 Å². The maximum Gasteiger partial charge on any atom is 0.122 e. The Kier molecular flexibility index (Phi) is 21.2. The summed E-state index contributed by atoms with van der Waals surface area (Å²) in [7, 11) is 13.9. The largest absolute Gasteiger partial charge is 0.747 e. The van der Waals surface area contributed by atoms with Gasteiger partial charge in [0, 0.05) is 78.9 Å². The molecule has 436 valence electrons. The second-order valence-corrected chi connectivity index (χ2v) is 29.9. The molecule has 0 aromatic heterocycles. The van der Waals surface area contributed by atoms with Crippen LogP contribution in [0.5, 0.6) is 23.0 Å². The van der Waals surface area contributed by atoms with Crippen LogP contribution in [0.2, 0.25) is 0 Å². The standard InChI is InChI=1S/2C36H45NO2P.Fe/c2*1-35(2,3)29-23-27(18-20-32(29)38-9)40(28-19-21-33(39-10)30(24-28)36(4,5)6)34-17-13-15-26(34)22-25-14-11-12-16-31(25)37(7)8;/h2*11-21,23-24H,22H2,1-10H3;/q-5;-1;. The molecule has 0 aliphatic carbocycles. The third kappa shape index (κ3) is 15.1. The molecule has 6 nitrogen and oxygen atoms in total. The third-order valence-corrected chi connectivity index (χ3v) is 20.0. The van der Waals surface area contributed by atoms with Crippen molar-refractivity contribution in [2.45, 2.75) is 118 Å². The zero-order chi connectivity index (χ0) is 58.5. The smallest absolute Gasteiger partial charge is 0.122 e. The Balaban J connectivity index is 0.000000258. The molecule has 0 spiro atoms. The van der Waals surface area contributed by atoms with Crippen molar-refractivity contribution in [3.05, 3.63) is 202 Å². The Labute approximate surface area is 501 Å². The predicted molar refractivity (Wildman–Crippen MR) is 350 cm³/mol. The van der Waals surface area contributed by atoms with Crippen LogP contribution in [0.15, 0.2) is 158 Å². The molecule has 9 heteroatoms. The minimum atomic E-state index is -0.837. The van der Waals surface area contributed by atoms with Crippen LogP contribution in [0, 0.1) is 0 Å². The zero-order valence-electron chi connectivity index (χ0n) is 52.2. The number of benzene rings is 6. The normalized spacial score (nSPS) is 11.9. The number of rotatable bonds is 16. The van der Waals surface area contributed by atoms with Gasteiger partial charge in [0.25, 0.3) is 0 Å². The number of nitrogens with zero attached hydrogens (tertiary/aromatic N) is 2. The van der Waals surface area contributed by atoms with Gasteiger partial charge in [0.2, 0.25) is 0 Å². The summed E-state index contributed by atoms with van der Waals surface area (Å²) in [5.41, 5.74) is 12.7. The Morgan fingerprint density at radius 2 is 0.790 bits per heavy atom. The van der Waals surface area contributed by atoms with Crippen LogP contribution < -0.4 is 60.6 Å². The van der Waals surface area contributed by atoms with Gasteiger partial charge in [0.05, 0.1) is 28.4 Å². The molecule has 0 N–H and O–H groups in total. The molecule has 0 unspecified atom stereocenters. The van der Waals surface area contributed by atoms with Crippen LogP contribution in [0.25, 0.3) is 0 Å². The number of hydrogen-bond donors (Lipinski definition) is 0. The van der Waals surface area contributed by atoms with Gasteiger partial charge in [-0.1, -0.05) is 168 Å². The number of anilines is 2. The first-order valence-electron chi connectivity index (χ1n) is 28.0. The molecule has 0 saturated carbocycles. The summed E-state index contributed by atoms with van der Waals surface area (Å²) in [5.74, 6) is 3.77. The van der Waals surface area contributed by atoms with E-state index in [0.29, 0.717) is 0 Å². The van der Waals surface area contributed by atoms with Crippen molar-refractivity contribution in [2.24, 2.45) is 0 Å². The summed E-state index contributed by atoms with van der Waals surface area (Å²) >= 11 is 0. The molecule has 8 aromatic rings. The van der Waals surface area contributed by atoms with E-state index in [9.17, 15) is 0 Å². The fourth-order valence-corrected chi connectivity index (χ4v) is 15.8. The van der Waals surface area contributed by atoms with Gasteiger partial charge in [0.15, 0.2) is 0 Å². The van der Waals surface area contributed by atoms with Crippen LogP contribution in [0.1, 0.15) is 128 Å². The summed E-state index contributed by atoms with van der Waals surface area (Å²) in [6.45, 7) is 27.1. The van der Waals surface area contributed by atoms with E-state index in [2.05, 4.69) is 279 Å². The van der Waals surface area contributed by atoms with Gasteiger partial charge in [-0.05, 0) is 105 Å². The summed E-state index contributed by atoms with van der Waals surface area (Å²) in [5, 5.41) is 8.13. The van der Waals surface area contributed by atoms with E-state index >= 15 is 0 Å². The topological polar surface area (TPSA) is 43.4 Å². The van der Waals surface area contributed by atoms with Crippen LogP contribution in [-0.4, -0.2) is 56.6 Å². The SMILES string of the molecule is COc1ccc(P(c2ccc(OC)c(C(C)(C)C)c2)[c-]2[cH-][cH-][cH-][c-]2Cc2ccccc2N(C)C)cc1C(C)(C)C.COc1ccc(P(c2ccc(OC)c(C(C)(C)C)c2)[c-]2cccc2Cc2ccccc2N(C)C)cc1C(C)(C)C.[Fe]. The van der Waals surface area contributed by atoms with Crippen molar-refractivity contribution in [3.63, 3.8) is 0 Å². The van der Waals surface area contributed by atoms with Crippen molar-refractivity contribution in [2.75, 3.05) is 66.4 Å². The second-order valence-electron chi connectivity index (χ2n) is 25.5. The Bertz CT molecular complexity index is 3000. The van der Waals surface area contributed by atoms with Crippen LogP contribution in [-0.2, 0) is 51.6 Å². The molecule has 81 heavy (non-hydrogen) atoms. The Hall–Kier alpha value is -5.80. The molecular weight excluding hydrogens is 1070 g/mol. The molecular formula is C72H90FeN2O4P2-6. The average molecular weight is 1170 g/mol. The number of methoxy groups -OCH3 is 4. The average Bonchev–Trinajstić information content (AvgIpc) is 4.15. The van der Waals surface area contributed by atoms with Crippen molar-refractivity contribution >= 4 is 59.0 Å². The van der Waals surface area contributed by atoms with E-state index < -0.39 is 15.8 Å². The monoisotopic (exact) mass is 1160 g/mol. The minimum Gasteiger partial charge on any atom is -0.747 e. The molecule has 8 aromatic carbocycles. The summed E-state index contributed by atoms with van der Waals surface area (Å²) in [4.78, 5) is 4.41. The fourth-order valence-electron chi connectivity index (χ4n) is 10.8. The molecule has 0 aliphatic rings. The molecule has 8 rings (SSSR count). The second kappa shape index (κ2) is 26.6. The van der Waals surface area contributed by atoms with Gasteiger partial charge in [-0.15, -0.1) is 5.30 Å². The van der Waals surface area contributed by atoms with Gasteiger partial charge < -0.3 is 57.8 Å². The Morgan fingerprint density at radius 1 is 0.432 bits per heavy atom. The first kappa shape index (κ1) is 64.4. The number of para-hydroxylation sites is 2. The van der Waals surface area contributed by atoms with Crippen molar-refractivity contribution in [3.8, 4) is 23.0 Å². The van der Waals surface area contributed by atoms with Gasteiger partial charge in [-0.3, -0.25) is 0 Å². The van der Waals surface area contributed by atoms with E-state index in [1.165, 1.54) is 87.7 Å². The molecule has 0 amide bonds. The van der Waals surface area contributed by atoms with Crippen molar-refractivity contribution in [1.82, 2.24) is 0 Å². The van der Waals surface area contributed by atoms with Crippen molar-refractivity contribution < 1.29 is 36.0 Å². The molecule has 0 saturated heterocycles. The molecule has 0 atom stereocenters. The van der Waals surface area contributed by atoms with Gasteiger partial charge in [-0.25, -0.2) is 20.1 Å². The van der Waals surface area contributed by atoms with Gasteiger partial charge >= 0.3 is 0 Å². The zero-order valence-corrected chi connectivity index (χ0v) is 55.1. The molecule has 0 bridgehead atoms. The minimum absolute atomic E-state index is 0. The quantitative estimate of drug-likeness (QED) is 0.0546. The van der Waals surface area contributed by atoms with Gasteiger partial charge in [-0.2, -0.15) is 18.1 Å². The summed E-state index contributed by atoms with van der Waals surface area (Å²) < 4.78 is 23.3. The Morgan fingerprint density at radius 3 is 1.16 bits per heavy atom. The van der Waals surface area contributed by atoms with Crippen LogP contribution in [0.3, 0.4) is 0 Å². The summed E-state index contributed by atoms with van der Waals surface area (Å²) in [6.07, 6.45) is 1.78. The number of ether oxygens (including phenoxy) is 4. The molecule has 0 aliphatic heterocycles. The molecule has 0 fully saturated rings. The van der Waals surface area contributed by atoms with E-state index in [0.717, 1.165) is 35.8 Å². The van der Waals surface area contributed by atoms with E-state index in [1.807, 2.05) is 0 Å².